The highest BCUT2D eigenvalue weighted by Gasteiger charge is 2.50. The number of fused-ring (bicyclic) bond motifs is 11. The number of rotatable bonds is 2. The van der Waals surface area contributed by atoms with Gasteiger partial charge in [-0.15, -0.1) is 0 Å². The van der Waals surface area contributed by atoms with Crippen LogP contribution >= 0.6 is 11.8 Å². The Kier molecular flexibility index (Phi) is 5.73. The second-order valence-electron chi connectivity index (χ2n) is 14.3. The minimum Gasteiger partial charge on any atom is -0.0888 e. The number of benzene rings is 9. The molecule has 2 aliphatic carbocycles. The van der Waals surface area contributed by atoms with E-state index < -0.39 is 5.41 Å². The van der Waals surface area contributed by atoms with E-state index in [0.717, 1.165) is 0 Å². The molecule has 1 spiro atoms. The van der Waals surface area contributed by atoms with Crippen molar-refractivity contribution in [2.75, 3.05) is 0 Å². The lowest BCUT2D eigenvalue weighted by Crippen LogP contribution is -2.31. The van der Waals surface area contributed by atoms with Crippen molar-refractivity contribution >= 4 is 33.3 Å². The molecule has 1 heteroatoms. The monoisotopic (exact) mass is 674 g/mol. The molecule has 1 heterocycles. The van der Waals surface area contributed by atoms with Gasteiger partial charge in [0, 0.05) is 15.2 Å². The van der Waals surface area contributed by atoms with Crippen LogP contribution in [0.15, 0.2) is 192 Å². The van der Waals surface area contributed by atoms with E-state index in [0.29, 0.717) is 0 Å². The minimum absolute atomic E-state index is 0.422. The molecule has 12 rings (SSSR count). The first-order valence-corrected chi connectivity index (χ1v) is 18.9. The number of hydrogen-bond donors (Lipinski definition) is 0. The molecule has 0 amide bonds. The maximum atomic E-state index is 2.50. The maximum absolute atomic E-state index is 2.50. The van der Waals surface area contributed by atoms with E-state index in [1.165, 1.54) is 109 Å². The van der Waals surface area contributed by atoms with Gasteiger partial charge in [0.15, 0.2) is 0 Å². The van der Waals surface area contributed by atoms with E-state index in [1.54, 1.807) is 0 Å². The summed E-state index contributed by atoms with van der Waals surface area (Å²) in [6.45, 7) is 0. The van der Waals surface area contributed by atoms with Gasteiger partial charge in [0.25, 0.3) is 0 Å². The molecule has 0 N–H and O–H groups in total. The second-order valence-corrected chi connectivity index (χ2v) is 15.4. The van der Waals surface area contributed by atoms with Gasteiger partial charge in [-0.1, -0.05) is 169 Å². The van der Waals surface area contributed by atoms with Crippen LogP contribution in [0.3, 0.4) is 0 Å². The molecule has 1 atom stereocenters. The van der Waals surface area contributed by atoms with Crippen LogP contribution < -0.4 is 0 Å². The lowest BCUT2D eigenvalue weighted by atomic mass is 9.61. The van der Waals surface area contributed by atoms with Crippen LogP contribution in [0.2, 0.25) is 0 Å². The first-order valence-electron chi connectivity index (χ1n) is 18.1. The smallest absolute Gasteiger partial charge is 0.0725 e. The zero-order chi connectivity index (χ0) is 34.0. The molecule has 9 aromatic rings. The average molecular weight is 675 g/mol. The topological polar surface area (TPSA) is 0 Å². The van der Waals surface area contributed by atoms with Crippen molar-refractivity contribution in [3.8, 4) is 55.6 Å². The second kappa shape index (κ2) is 10.4. The van der Waals surface area contributed by atoms with Gasteiger partial charge in [0.05, 0.1) is 5.41 Å². The van der Waals surface area contributed by atoms with Crippen LogP contribution in [-0.2, 0) is 5.41 Å². The normalized spacial score (nSPS) is 15.7. The molecule has 3 aliphatic rings. The quantitative estimate of drug-likeness (QED) is 0.176. The van der Waals surface area contributed by atoms with Crippen molar-refractivity contribution in [2.45, 2.75) is 15.2 Å². The van der Waals surface area contributed by atoms with Crippen molar-refractivity contribution in [3.05, 3.63) is 204 Å². The Bertz CT molecular complexity index is 3000. The average Bonchev–Trinajstić information content (AvgIpc) is 3.50. The van der Waals surface area contributed by atoms with Gasteiger partial charge in [-0.3, -0.25) is 0 Å². The summed E-state index contributed by atoms with van der Waals surface area (Å²) in [6.07, 6.45) is 0. The lowest BCUT2D eigenvalue weighted by Gasteiger charge is -2.40. The molecular weight excluding hydrogens is 645 g/mol. The summed E-state index contributed by atoms with van der Waals surface area (Å²) in [6, 6.07) is 68.6. The first-order chi connectivity index (χ1) is 25.8. The van der Waals surface area contributed by atoms with Crippen molar-refractivity contribution in [2.24, 2.45) is 0 Å². The Morgan fingerprint density at radius 3 is 1.73 bits per heavy atom. The van der Waals surface area contributed by atoms with E-state index >= 15 is 0 Å². The van der Waals surface area contributed by atoms with Crippen molar-refractivity contribution in [1.29, 1.82) is 0 Å². The summed E-state index contributed by atoms with van der Waals surface area (Å²) in [5.74, 6) is 0. The molecule has 9 aromatic carbocycles. The van der Waals surface area contributed by atoms with Crippen molar-refractivity contribution in [1.82, 2.24) is 0 Å². The molecule has 1 aliphatic heterocycles. The van der Waals surface area contributed by atoms with Crippen LogP contribution in [0.25, 0.3) is 77.2 Å². The largest absolute Gasteiger partial charge is 0.0888 e. The van der Waals surface area contributed by atoms with Crippen LogP contribution in [0.5, 0.6) is 0 Å². The van der Waals surface area contributed by atoms with Gasteiger partial charge >= 0.3 is 0 Å². The molecule has 0 nitrogen and oxygen atoms in total. The van der Waals surface area contributed by atoms with Crippen LogP contribution in [0.1, 0.15) is 22.3 Å². The fourth-order valence-electron chi connectivity index (χ4n) is 9.81. The van der Waals surface area contributed by atoms with Gasteiger partial charge < -0.3 is 0 Å². The van der Waals surface area contributed by atoms with Crippen molar-refractivity contribution in [3.63, 3.8) is 0 Å². The Balaban J connectivity index is 1.08. The van der Waals surface area contributed by atoms with Gasteiger partial charge in [0.1, 0.15) is 0 Å². The van der Waals surface area contributed by atoms with Gasteiger partial charge in [0.2, 0.25) is 0 Å². The van der Waals surface area contributed by atoms with Gasteiger partial charge in [-0.25, -0.2) is 0 Å². The number of hydrogen-bond acceptors (Lipinski definition) is 1. The summed E-state index contributed by atoms with van der Waals surface area (Å²) >= 11 is 1.88. The molecule has 0 bridgehead atoms. The van der Waals surface area contributed by atoms with Gasteiger partial charge in [-0.05, 0) is 118 Å². The van der Waals surface area contributed by atoms with Crippen LogP contribution in [0, 0.1) is 0 Å². The van der Waals surface area contributed by atoms with Crippen LogP contribution in [0.4, 0.5) is 0 Å². The van der Waals surface area contributed by atoms with E-state index in [2.05, 4.69) is 182 Å². The Hall–Kier alpha value is -6.15. The standard InChI is InChI=1S/C51H30S/c1-4-21-43-36(15-1)38-26-25-33(30-46(38)51(43)44-22-5-2-16-37(44)41-18-8-11-31-12-9-23-45(51)49(31)41)32-13-7-14-34(29-32)35-27-28-48-50-40(35)19-10-20-42(50)39-17-3-6-24-47(39)52-48/h1-30H. The molecule has 0 fully saturated rings. The fourth-order valence-corrected chi connectivity index (χ4v) is 10.9. The summed E-state index contributed by atoms with van der Waals surface area (Å²) in [4.78, 5) is 2.66. The summed E-state index contributed by atoms with van der Waals surface area (Å²) < 4.78 is 0. The molecule has 0 aromatic heterocycles. The third-order valence-electron chi connectivity index (χ3n) is 11.9. The fraction of sp³-hybridized carbons (Fsp3) is 0.0196. The van der Waals surface area contributed by atoms with Gasteiger partial charge in [-0.2, -0.15) is 0 Å². The van der Waals surface area contributed by atoms with Crippen molar-refractivity contribution < 1.29 is 0 Å². The van der Waals surface area contributed by atoms with E-state index in [4.69, 9.17) is 0 Å². The zero-order valence-corrected chi connectivity index (χ0v) is 29.0. The third kappa shape index (κ3) is 3.63. The van der Waals surface area contributed by atoms with E-state index in [9.17, 15) is 0 Å². The molecule has 52 heavy (non-hydrogen) atoms. The molecule has 240 valence electrons. The van der Waals surface area contributed by atoms with Crippen LogP contribution in [-0.4, -0.2) is 0 Å². The Morgan fingerprint density at radius 1 is 0.308 bits per heavy atom. The summed E-state index contributed by atoms with van der Waals surface area (Å²) in [5, 5.41) is 5.32. The Labute approximate surface area is 307 Å². The summed E-state index contributed by atoms with van der Waals surface area (Å²) in [7, 11) is 0. The van der Waals surface area contributed by atoms with E-state index in [-0.39, 0.29) is 0 Å². The first kappa shape index (κ1) is 28.5. The lowest BCUT2D eigenvalue weighted by molar-refractivity contribution is 0.774. The summed E-state index contributed by atoms with van der Waals surface area (Å²) in [5.41, 5.74) is 18.0. The highest BCUT2D eigenvalue weighted by atomic mass is 32.2. The molecule has 0 saturated carbocycles. The predicted molar refractivity (Wildman–Crippen MR) is 218 cm³/mol. The molecule has 0 radical (unpaired) electrons. The minimum atomic E-state index is -0.422. The molecule has 0 saturated heterocycles. The Morgan fingerprint density at radius 2 is 0.885 bits per heavy atom. The SMILES string of the molecule is c1cc(-c2ccc3c(c2)C2(c4ccccc4-3)c3ccccc3-c3cccc4cccc2c34)cc(-c2ccc3c4c(cccc24)-c2ccccc2S3)c1. The maximum Gasteiger partial charge on any atom is 0.0725 e. The zero-order valence-electron chi connectivity index (χ0n) is 28.2. The molecule has 1 unspecified atom stereocenters. The highest BCUT2D eigenvalue weighted by Crippen LogP contribution is 2.62. The molecular formula is C51H30S. The predicted octanol–water partition coefficient (Wildman–Crippen LogP) is 13.8. The highest BCUT2D eigenvalue weighted by molar-refractivity contribution is 7.99. The third-order valence-corrected chi connectivity index (χ3v) is 13.0. The van der Waals surface area contributed by atoms with E-state index in [1.807, 2.05) is 11.8 Å².